The lowest BCUT2D eigenvalue weighted by Gasteiger charge is -2.15. The average Bonchev–Trinajstić information content (AvgIpc) is 2.39. The molecule has 0 fully saturated rings. The quantitative estimate of drug-likeness (QED) is 0.927. The molecule has 1 aromatic heterocycles. The lowest BCUT2D eigenvalue weighted by atomic mass is 9.93. The highest BCUT2D eigenvalue weighted by Crippen LogP contribution is 2.25. The minimum Gasteiger partial charge on any atom is -0.396 e. The van der Waals surface area contributed by atoms with Crippen molar-refractivity contribution in [1.82, 2.24) is 4.98 Å². The van der Waals surface area contributed by atoms with Crippen LogP contribution in [-0.4, -0.2) is 16.7 Å². The molecule has 0 aliphatic rings. The largest absolute Gasteiger partial charge is 0.396 e. The molecule has 0 saturated carbocycles. The molecule has 0 amide bonds. The number of aliphatic hydroxyl groups is 1. The van der Waals surface area contributed by atoms with Gasteiger partial charge in [-0.15, -0.1) is 0 Å². The van der Waals surface area contributed by atoms with Crippen molar-refractivity contribution in [3.05, 3.63) is 63.9 Å². The van der Waals surface area contributed by atoms with E-state index in [1.807, 2.05) is 30.3 Å². The zero-order valence-corrected chi connectivity index (χ0v) is 11.2. The third-order valence-electron chi connectivity index (χ3n) is 2.88. The molecule has 0 saturated heterocycles. The van der Waals surface area contributed by atoms with Gasteiger partial charge < -0.3 is 5.11 Å². The van der Waals surface area contributed by atoms with E-state index in [2.05, 4.69) is 4.98 Å². The van der Waals surface area contributed by atoms with Crippen LogP contribution >= 0.6 is 23.2 Å². The number of halogens is 2. The molecule has 0 radical (unpaired) electrons. The molecule has 2 nitrogen and oxygen atoms in total. The first kappa shape index (κ1) is 13.3. The minimum absolute atomic E-state index is 0.0159. The Morgan fingerprint density at radius 3 is 2.44 bits per heavy atom. The molecule has 0 spiro atoms. The highest BCUT2D eigenvalue weighted by atomic mass is 35.5. The Hall–Kier alpha value is -1.09. The second kappa shape index (κ2) is 6.19. The third-order valence-corrected chi connectivity index (χ3v) is 3.48. The number of hydrogen-bond donors (Lipinski definition) is 1. The van der Waals surface area contributed by atoms with Crippen molar-refractivity contribution < 1.29 is 5.11 Å². The van der Waals surface area contributed by atoms with E-state index >= 15 is 0 Å². The van der Waals surface area contributed by atoms with Crippen molar-refractivity contribution >= 4 is 23.2 Å². The van der Waals surface area contributed by atoms with Gasteiger partial charge in [-0.25, -0.2) is 0 Å². The fourth-order valence-corrected chi connectivity index (χ4v) is 2.18. The van der Waals surface area contributed by atoms with Gasteiger partial charge in [-0.05, 0) is 35.7 Å². The SMILES string of the molecule is OCC(Cc1ccncc1Cl)c1ccc(Cl)cc1. The van der Waals surface area contributed by atoms with Crippen molar-refractivity contribution in [2.75, 3.05) is 6.61 Å². The molecule has 1 aromatic carbocycles. The molecular weight excluding hydrogens is 269 g/mol. The van der Waals surface area contributed by atoms with Crippen LogP contribution in [-0.2, 0) is 6.42 Å². The van der Waals surface area contributed by atoms with Gasteiger partial charge in [-0.1, -0.05) is 35.3 Å². The topological polar surface area (TPSA) is 33.1 Å². The van der Waals surface area contributed by atoms with Gasteiger partial charge >= 0.3 is 0 Å². The Labute approximate surface area is 116 Å². The Bertz CT molecular complexity index is 513. The summed E-state index contributed by atoms with van der Waals surface area (Å²) in [5.41, 5.74) is 2.04. The van der Waals surface area contributed by atoms with Crippen molar-refractivity contribution in [2.45, 2.75) is 12.3 Å². The molecule has 1 unspecified atom stereocenters. The standard InChI is InChI=1S/C14H13Cl2NO/c15-13-3-1-10(2-4-13)12(9-18)7-11-5-6-17-8-14(11)16/h1-6,8,12,18H,7,9H2. The summed E-state index contributed by atoms with van der Waals surface area (Å²) in [6.45, 7) is 0.0697. The Morgan fingerprint density at radius 2 is 1.83 bits per heavy atom. The van der Waals surface area contributed by atoms with Crippen LogP contribution in [0.4, 0.5) is 0 Å². The van der Waals surface area contributed by atoms with Crippen LogP contribution in [0.2, 0.25) is 10.0 Å². The molecule has 1 N–H and O–H groups in total. The zero-order chi connectivity index (χ0) is 13.0. The Balaban J connectivity index is 2.20. The number of rotatable bonds is 4. The van der Waals surface area contributed by atoms with E-state index in [0.717, 1.165) is 11.1 Å². The smallest absolute Gasteiger partial charge is 0.0621 e. The van der Waals surface area contributed by atoms with E-state index in [4.69, 9.17) is 23.2 Å². The molecule has 2 aromatic rings. The summed E-state index contributed by atoms with van der Waals surface area (Å²) in [5.74, 6) is 0.0159. The van der Waals surface area contributed by atoms with Crippen LogP contribution in [0.1, 0.15) is 17.0 Å². The van der Waals surface area contributed by atoms with Crippen LogP contribution in [0.25, 0.3) is 0 Å². The van der Waals surface area contributed by atoms with E-state index in [-0.39, 0.29) is 12.5 Å². The summed E-state index contributed by atoms with van der Waals surface area (Å²) in [4.78, 5) is 3.95. The highest BCUT2D eigenvalue weighted by Gasteiger charge is 2.13. The zero-order valence-electron chi connectivity index (χ0n) is 9.68. The number of benzene rings is 1. The van der Waals surface area contributed by atoms with E-state index in [1.54, 1.807) is 12.4 Å². The number of aliphatic hydroxyl groups excluding tert-OH is 1. The Kier molecular flexibility index (Phi) is 4.59. The molecule has 0 bridgehead atoms. The van der Waals surface area contributed by atoms with Gasteiger partial charge in [0.25, 0.3) is 0 Å². The summed E-state index contributed by atoms with van der Waals surface area (Å²) < 4.78 is 0. The van der Waals surface area contributed by atoms with E-state index in [0.29, 0.717) is 16.5 Å². The highest BCUT2D eigenvalue weighted by molar-refractivity contribution is 6.31. The van der Waals surface area contributed by atoms with Gasteiger partial charge in [0.05, 0.1) is 11.6 Å². The van der Waals surface area contributed by atoms with Gasteiger partial charge in [0.2, 0.25) is 0 Å². The molecule has 2 rings (SSSR count). The van der Waals surface area contributed by atoms with Crippen molar-refractivity contribution in [2.24, 2.45) is 0 Å². The van der Waals surface area contributed by atoms with Crippen molar-refractivity contribution in [3.63, 3.8) is 0 Å². The van der Waals surface area contributed by atoms with E-state index in [9.17, 15) is 5.11 Å². The third kappa shape index (κ3) is 3.22. The van der Waals surface area contributed by atoms with E-state index < -0.39 is 0 Å². The summed E-state index contributed by atoms with van der Waals surface area (Å²) in [5, 5.41) is 10.8. The van der Waals surface area contributed by atoms with Crippen LogP contribution < -0.4 is 0 Å². The van der Waals surface area contributed by atoms with Crippen molar-refractivity contribution in [1.29, 1.82) is 0 Å². The van der Waals surface area contributed by atoms with Gasteiger partial charge in [-0.2, -0.15) is 0 Å². The van der Waals surface area contributed by atoms with Gasteiger partial charge in [0.15, 0.2) is 0 Å². The maximum atomic E-state index is 9.51. The average molecular weight is 282 g/mol. The number of nitrogens with zero attached hydrogens (tertiary/aromatic N) is 1. The lowest BCUT2D eigenvalue weighted by molar-refractivity contribution is 0.264. The molecule has 18 heavy (non-hydrogen) atoms. The first-order valence-electron chi connectivity index (χ1n) is 5.65. The molecular formula is C14H13Cl2NO. The van der Waals surface area contributed by atoms with Crippen molar-refractivity contribution in [3.8, 4) is 0 Å². The maximum absolute atomic E-state index is 9.51. The first-order valence-corrected chi connectivity index (χ1v) is 6.41. The van der Waals surface area contributed by atoms with E-state index in [1.165, 1.54) is 0 Å². The van der Waals surface area contributed by atoms with Crippen LogP contribution in [0, 0.1) is 0 Å². The lowest BCUT2D eigenvalue weighted by Crippen LogP contribution is -2.08. The summed E-state index contributed by atoms with van der Waals surface area (Å²) >= 11 is 11.9. The second-order valence-corrected chi connectivity index (χ2v) is 4.95. The summed E-state index contributed by atoms with van der Waals surface area (Å²) in [6, 6.07) is 9.39. The monoisotopic (exact) mass is 281 g/mol. The Morgan fingerprint density at radius 1 is 1.11 bits per heavy atom. The number of hydrogen-bond acceptors (Lipinski definition) is 2. The summed E-state index contributed by atoms with van der Waals surface area (Å²) in [6.07, 6.45) is 4.00. The maximum Gasteiger partial charge on any atom is 0.0621 e. The predicted molar refractivity (Wildman–Crippen MR) is 74.2 cm³/mol. The molecule has 0 aliphatic heterocycles. The van der Waals surface area contributed by atoms with Gasteiger partial charge in [0.1, 0.15) is 0 Å². The van der Waals surface area contributed by atoms with Crippen LogP contribution in [0.3, 0.4) is 0 Å². The minimum atomic E-state index is 0.0159. The normalized spacial score (nSPS) is 12.4. The van der Waals surface area contributed by atoms with Gasteiger partial charge in [-0.3, -0.25) is 4.98 Å². The predicted octanol–water partition coefficient (Wildman–Crippen LogP) is 3.71. The second-order valence-electron chi connectivity index (χ2n) is 4.10. The molecule has 1 heterocycles. The van der Waals surface area contributed by atoms with Gasteiger partial charge in [0, 0.05) is 23.3 Å². The molecule has 1 atom stereocenters. The number of aromatic nitrogens is 1. The molecule has 94 valence electrons. The molecule has 0 aliphatic carbocycles. The fourth-order valence-electron chi connectivity index (χ4n) is 1.86. The molecule has 4 heteroatoms. The van der Waals surface area contributed by atoms with Crippen LogP contribution in [0.15, 0.2) is 42.7 Å². The fraction of sp³-hybridized carbons (Fsp3) is 0.214. The first-order chi connectivity index (χ1) is 8.70. The number of pyridine rings is 1. The van der Waals surface area contributed by atoms with Crippen LogP contribution in [0.5, 0.6) is 0 Å². The summed E-state index contributed by atoms with van der Waals surface area (Å²) in [7, 11) is 0.